The summed E-state index contributed by atoms with van der Waals surface area (Å²) in [5.41, 5.74) is 8.11. The number of hydrogen-bond acceptors (Lipinski definition) is 6. The van der Waals surface area contributed by atoms with Crippen LogP contribution in [0.25, 0.3) is 0 Å². The van der Waals surface area contributed by atoms with Gasteiger partial charge in [0.15, 0.2) is 0 Å². The summed E-state index contributed by atoms with van der Waals surface area (Å²) in [6.07, 6.45) is 4.71. The maximum absolute atomic E-state index is 10.4. The van der Waals surface area contributed by atoms with Crippen LogP contribution in [0.3, 0.4) is 0 Å². The van der Waals surface area contributed by atoms with Crippen molar-refractivity contribution >= 4 is 6.47 Å². The summed E-state index contributed by atoms with van der Waals surface area (Å²) in [5.74, 6) is 8.20. The van der Waals surface area contributed by atoms with Crippen LogP contribution in [-0.4, -0.2) is 37.3 Å². The molecule has 2 aliphatic rings. The highest BCUT2D eigenvalue weighted by Crippen LogP contribution is 2.54. The number of carbonyl (C=O) groups is 1. The highest BCUT2D eigenvalue weighted by molar-refractivity contribution is 5.37. The van der Waals surface area contributed by atoms with Gasteiger partial charge in [0.25, 0.3) is 6.47 Å². The molecule has 0 heterocycles. The second-order valence-corrected chi connectivity index (χ2v) is 7.40. The maximum Gasteiger partial charge on any atom is 0.293 e. The van der Waals surface area contributed by atoms with Crippen molar-refractivity contribution in [1.29, 1.82) is 0 Å². The smallest absolute Gasteiger partial charge is 0.293 e. The number of rotatable bonds is 8. The molecule has 3 unspecified atom stereocenters. The van der Waals surface area contributed by atoms with Crippen LogP contribution in [0.15, 0.2) is 11.4 Å². The van der Waals surface area contributed by atoms with Crippen molar-refractivity contribution in [1.82, 2.24) is 5.01 Å². The van der Waals surface area contributed by atoms with Crippen molar-refractivity contribution in [2.45, 2.75) is 51.5 Å². The molecule has 1 saturated carbocycles. The van der Waals surface area contributed by atoms with Crippen LogP contribution < -0.4 is 11.6 Å². The molecule has 2 aliphatic carbocycles. The first-order valence-corrected chi connectivity index (χ1v) is 8.49. The van der Waals surface area contributed by atoms with Gasteiger partial charge in [-0.15, -0.1) is 0 Å². The van der Waals surface area contributed by atoms with Crippen molar-refractivity contribution in [3.8, 4) is 0 Å². The molecule has 0 amide bonds. The molecule has 132 valence electrons. The van der Waals surface area contributed by atoms with Crippen LogP contribution in [0, 0.1) is 17.8 Å². The lowest BCUT2D eigenvalue weighted by molar-refractivity contribution is -0.129. The standard InChI is InChI=1S/C17H31N3O3/c1-17(2,8-9-22-3)20(19)16-7-5-13-12(4-6-15(16)18)14(13)10-23-11-21/h11-14H,4-10,18-19H2,1-3H3/b16-15-. The average molecular weight is 325 g/mol. The van der Waals surface area contributed by atoms with E-state index in [1.54, 1.807) is 7.11 Å². The van der Waals surface area contributed by atoms with E-state index in [2.05, 4.69) is 13.8 Å². The first-order valence-electron chi connectivity index (χ1n) is 8.49. The van der Waals surface area contributed by atoms with Gasteiger partial charge in [0.2, 0.25) is 0 Å². The number of methoxy groups -OCH3 is 1. The molecule has 4 N–H and O–H groups in total. The van der Waals surface area contributed by atoms with Gasteiger partial charge < -0.3 is 20.2 Å². The molecule has 6 nitrogen and oxygen atoms in total. The molecule has 0 radical (unpaired) electrons. The van der Waals surface area contributed by atoms with Crippen molar-refractivity contribution in [3.63, 3.8) is 0 Å². The lowest BCUT2D eigenvalue weighted by Gasteiger charge is -2.39. The van der Waals surface area contributed by atoms with Crippen molar-refractivity contribution < 1.29 is 14.3 Å². The van der Waals surface area contributed by atoms with Crippen LogP contribution in [0.5, 0.6) is 0 Å². The van der Waals surface area contributed by atoms with Crippen molar-refractivity contribution in [2.24, 2.45) is 29.3 Å². The molecule has 0 aromatic carbocycles. The van der Waals surface area contributed by atoms with E-state index in [1.165, 1.54) is 0 Å². The lowest BCUT2D eigenvalue weighted by atomic mass is 9.95. The molecule has 0 aromatic rings. The summed E-state index contributed by atoms with van der Waals surface area (Å²) in [6, 6.07) is 0. The molecular formula is C17H31N3O3. The molecule has 0 spiro atoms. The number of hydrazine groups is 1. The topological polar surface area (TPSA) is 90.8 Å². The normalized spacial score (nSPS) is 30.9. The predicted octanol–water partition coefficient (Wildman–Crippen LogP) is 1.76. The third-order valence-electron chi connectivity index (χ3n) is 5.56. The van der Waals surface area contributed by atoms with E-state index < -0.39 is 0 Å². The number of carbonyl (C=O) groups excluding carboxylic acids is 1. The van der Waals surface area contributed by atoms with Gasteiger partial charge in [-0.1, -0.05) is 0 Å². The van der Waals surface area contributed by atoms with Gasteiger partial charge in [0.05, 0.1) is 12.1 Å². The molecular weight excluding hydrogens is 294 g/mol. The Kier molecular flexibility index (Phi) is 5.92. The van der Waals surface area contributed by atoms with E-state index in [1.807, 2.05) is 5.01 Å². The van der Waals surface area contributed by atoms with Gasteiger partial charge in [0, 0.05) is 25.1 Å². The lowest BCUT2D eigenvalue weighted by Crippen LogP contribution is -2.49. The molecule has 0 aliphatic heterocycles. The van der Waals surface area contributed by atoms with Crippen LogP contribution in [0.2, 0.25) is 0 Å². The van der Waals surface area contributed by atoms with Crippen LogP contribution >= 0.6 is 0 Å². The Morgan fingerprint density at radius 2 is 1.96 bits per heavy atom. The quantitative estimate of drug-likeness (QED) is 0.401. The summed E-state index contributed by atoms with van der Waals surface area (Å²) in [5, 5.41) is 1.85. The Morgan fingerprint density at radius 1 is 1.30 bits per heavy atom. The fraction of sp³-hybridized carbons (Fsp3) is 0.824. The third kappa shape index (κ3) is 4.18. The zero-order valence-electron chi connectivity index (χ0n) is 14.6. The molecule has 6 heteroatoms. The van der Waals surface area contributed by atoms with Crippen LogP contribution in [-0.2, 0) is 14.3 Å². The fourth-order valence-electron chi connectivity index (χ4n) is 3.82. The van der Waals surface area contributed by atoms with Gasteiger partial charge in [0.1, 0.15) is 0 Å². The summed E-state index contributed by atoms with van der Waals surface area (Å²) in [6.45, 7) is 5.99. The van der Waals surface area contributed by atoms with Gasteiger partial charge in [-0.25, -0.2) is 5.84 Å². The molecule has 0 aromatic heterocycles. The van der Waals surface area contributed by atoms with Gasteiger partial charge in [-0.3, -0.25) is 4.79 Å². The number of allylic oxidation sites excluding steroid dienone is 2. The van der Waals surface area contributed by atoms with E-state index in [9.17, 15) is 4.79 Å². The average Bonchev–Trinajstić information content (AvgIpc) is 3.17. The number of fused-ring (bicyclic) bond motifs is 1. The van der Waals surface area contributed by atoms with Crippen molar-refractivity contribution in [2.75, 3.05) is 20.3 Å². The summed E-state index contributed by atoms with van der Waals surface area (Å²) in [4.78, 5) is 10.4. The molecule has 1 fully saturated rings. The van der Waals surface area contributed by atoms with Crippen LogP contribution in [0.4, 0.5) is 0 Å². The molecule has 0 saturated heterocycles. The van der Waals surface area contributed by atoms with E-state index in [-0.39, 0.29) is 5.54 Å². The predicted molar refractivity (Wildman–Crippen MR) is 88.8 cm³/mol. The second kappa shape index (κ2) is 7.53. The maximum atomic E-state index is 10.4. The van der Waals surface area contributed by atoms with E-state index in [4.69, 9.17) is 21.1 Å². The van der Waals surface area contributed by atoms with Gasteiger partial charge in [-0.2, -0.15) is 0 Å². The first kappa shape index (κ1) is 18.1. The minimum absolute atomic E-state index is 0.196. The summed E-state index contributed by atoms with van der Waals surface area (Å²) in [7, 11) is 1.70. The molecule has 23 heavy (non-hydrogen) atoms. The largest absolute Gasteiger partial charge is 0.468 e. The second-order valence-electron chi connectivity index (χ2n) is 7.40. The van der Waals surface area contributed by atoms with E-state index in [0.29, 0.717) is 37.4 Å². The zero-order valence-corrected chi connectivity index (χ0v) is 14.6. The number of nitrogens with zero attached hydrogens (tertiary/aromatic N) is 1. The molecule has 0 bridgehead atoms. The number of nitrogens with two attached hydrogens (primary N) is 2. The number of ether oxygens (including phenoxy) is 2. The van der Waals surface area contributed by atoms with Gasteiger partial charge in [-0.05, 0) is 63.7 Å². The molecule has 2 rings (SSSR count). The number of hydrogen-bond donors (Lipinski definition) is 2. The fourth-order valence-corrected chi connectivity index (χ4v) is 3.82. The Labute approximate surface area is 139 Å². The van der Waals surface area contributed by atoms with Gasteiger partial charge >= 0.3 is 0 Å². The van der Waals surface area contributed by atoms with E-state index >= 15 is 0 Å². The minimum atomic E-state index is -0.196. The highest BCUT2D eigenvalue weighted by atomic mass is 16.5. The third-order valence-corrected chi connectivity index (χ3v) is 5.56. The Hall–Kier alpha value is -1.27. The SMILES string of the molecule is COCCC(C)(C)N(N)/C1=C(\N)CCC2C(CC1)C2COC=O. The first-order chi connectivity index (χ1) is 10.9. The Balaban J connectivity index is 2.00. The van der Waals surface area contributed by atoms with Crippen molar-refractivity contribution in [3.05, 3.63) is 11.4 Å². The highest BCUT2D eigenvalue weighted by Gasteiger charge is 2.50. The van der Waals surface area contributed by atoms with Crippen LogP contribution in [0.1, 0.15) is 46.0 Å². The zero-order chi connectivity index (χ0) is 17.0. The Bertz CT molecular complexity index is 450. The summed E-state index contributed by atoms with van der Waals surface area (Å²) < 4.78 is 10.1. The minimum Gasteiger partial charge on any atom is -0.468 e. The molecule has 3 atom stereocenters. The summed E-state index contributed by atoms with van der Waals surface area (Å²) >= 11 is 0. The van der Waals surface area contributed by atoms with E-state index in [0.717, 1.165) is 43.5 Å². The Morgan fingerprint density at radius 3 is 2.57 bits per heavy atom. The monoisotopic (exact) mass is 325 g/mol.